The fourth-order valence-corrected chi connectivity index (χ4v) is 2.94. The monoisotopic (exact) mass is 243 g/mol. The van der Waals surface area contributed by atoms with Crippen LogP contribution in [0, 0.1) is 12.8 Å². The predicted molar refractivity (Wildman–Crippen MR) is 74.7 cm³/mol. The van der Waals surface area contributed by atoms with Gasteiger partial charge in [-0.2, -0.15) is 0 Å². The number of para-hydroxylation sites is 1. The lowest BCUT2D eigenvalue weighted by molar-refractivity contribution is 0.368. The van der Waals surface area contributed by atoms with E-state index in [2.05, 4.69) is 42.1 Å². The Morgan fingerprint density at radius 1 is 1.44 bits per heavy atom. The Morgan fingerprint density at radius 3 is 3.06 bits per heavy atom. The number of nitrogens with one attached hydrogen (secondary N) is 1. The van der Waals surface area contributed by atoms with Gasteiger partial charge < -0.3 is 9.88 Å². The third kappa shape index (κ3) is 2.03. The molecule has 0 bridgehead atoms. The zero-order valence-electron chi connectivity index (χ0n) is 11.2. The number of rotatable bonds is 2. The molecule has 1 N–H and O–H groups in total. The number of hydrogen-bond acceptors (Lipinski definition) is 2. The van der Waals surface area contributed by atoms with E-state index in [0.717, 1.165) is 18.9 Å². The van der Waals surface area contributed by atoms with Gasteiger partial charge in [-0.05, 0) is 50.4 Å². The number of benzene rings is 1. The Bertz CT molecular complexity index is 550. The molecule has 2 heterocycles. The highest BCUT2D eigenvalue weighted by atomic mass is 15.1. The van der Waals surface area contributed by atoms with Crippen molar-refractivity contribution < 1.29 is 0 Å². The first kappa shape index (κ1) is 11.7. The van der Waals surface area contributed by atoms with Crippen molar-refractivity contribution in [3.63, 3.8) is 0 Å². The fraction of sp³-hybridized carbons (Fsp3) is 0.533. The van der Waals surface area contributed by atoms with Crippen molar-refractivity contribution >= 4 is 11.0 Å². The summed E-state index contributed by atoms with van der Waals surface area (Å²) >= 11 is 0. The Kier molecular flexibility index (Phi) is 3.08. The molecule has 3 heteroatoms. The molecule has 1 unspecified atom stereocenters. The van der Waals surface area contributed by atoms with Crippen molar-refractivity contribution in [1.82, 2.24) is 14.9 Å². The second-order valence-electron chi connectivity index (χ2n) is 5.45. The van der Waals surface area contributed by atoms with Gasteiger partial charge in [-0.1, -0.05) is 12.1 Å². The molecule has 1 fully saturated rings. The lowest BCUT2D eigenvalue weighted by Crippen LogP contribution is -2.31. The normalized spacial score (nSPS) is 20.4. The Morgan fingerprint density at radius 2 is 2.33 bits per heavy atom. The summed E-state index contributed by atoms with van der Waals surface area (Å²) in [6.07, 6.45) is 3.72. The maximum atomic E-state index is 4.84. The second kappa shape index (κ2) is 4.73. The highest BCUT2D eigenvalue weighted by Gasteiger charge is 2.17. The molecule has 0 amide bonds. The fourth-order valence-electron chi connectivity index (χ4n) is 2.94. The first-order valence-corrected chi connectivity index (χ1v) is 6.87. The number of aryl methyl sites for hydroxylation is 2. The van der Waals surface area contributed by atoms with Crippen LogP contribution in [0.1, 0.15) is 24.2 Å². The maximum absolute atomic E-state index is 4.84. The molecule has 0 radical (unpaired) electrons. The van der Waals surface area contributed by atoms with E-state index in [0.29, 0.717) is 0 Å². The van der Waals surface area contributed by atoms with Crippen LogP contribution in [-0.2, 0) is 13.5 Å². The van der Waals surface area contributed by atoms with Crippen LogP contribution in [0.15, 0.2) is 18.2 Å². The van der Waals surface area contributed by atoms with E-state index in [1.54, 1.807) is 0 Å². The molecule has 1 saturated heterocycles. The average Bonchev–Trinajstić information content (AvgIpc) is 2.70. The number of fused-ring (bicyclic) bond motifs is 1. The molecule has 1 atom stereocenters. The molecule has 3 nitrogen and oxygen atoms in total. The standard InChI is InChI=1S/C15H21N3/c1-11-5-3-7-13-15(11)17-14(18(13)2)9-12-6-4-8-16-10-12/h3,5,7,12,16H,4,6,8-10H2,1-2H3. The number of imidazole rings is 1. The lowest BCUT2D eigenvalue weighted by atomic mass is 9.96. The molecule has 96 valence electrons. The molecule has 1 aromatic carbocycles. The van der Waals surface area contributed by atoms with Crippen LogP contribution in [0.5, 0.6) is 0 Å². The van der Waals surface area contributed by atoms with E-state index < -0.39 is 0 Å². The van der Waals surface area contributed by atoms with Crippen molar-refractivity contribution in [3.8, 4) is 0 Å². The summed E-state index contributed by atoms with van der Waals surface area (Å²) in [5.41, 5.74) is 3.70. The van der Waals surface area contributed by atoms with Gasteiger partial charge in [-0.3, -0.25) is 0 Å². The second-order valence-corrected chi connectivity index (χ2v) is 5.45. The molecule has 0 saturated carbocycles. The summed E-state index contributed by atoms with van der Waals surface area (Å²) in [5, 5.41) is 3.48. The quantitative estimate of drug-likeness (QED) is 0.878. The minimum Gasteiger partial charge on any atom is -0.331 e. The highest BCUT2D eigenvalue weighted by molar-refractivity contribution is 5.79. The van der Waals surface area contributed by atoms with Crippen LogP contribution in [0.2, 0.25) is 0 Å². The van der Waals surface area contributed by atoms with E-state index in [4.69, 9.17) is 4.98 Å². The molecule has 0 spiro atoms. The average molecular weight is 243 g/mol. The SMILES string of the molecule is Cc1cccc2c1nc(CC1CCCNC1)n2C. The molecule has 1 aromatic heterocycles. The van der Waals surface area contributed by atoms with E-state index >= 15 is 0 Å². The smallest absolute Gasteiger partial charge is 0.109 e. The molecular weight excluding hydrogens is 222 g/mol. The Labute approximate surface area is 108 Å². The van der Waals surface area contributed by atoms with Gasteiger partial charge in [0.15, 0.2) is 0 Å². The first-order chi connectivity index (χ1) is 8.75. The van der Waals surface area contributed by atoms with Gasteiger partial charge >= 0.3 is 0 Å². The Balaban J connectivity index is 1.92. The van der Waals surface area contributed by atoms with Crippen molar-refractivity contribution in [2.75, 3.05) is 13.1 Å². The van der Waals surface area contributed by atoms with Crippen molar-refractivity contribution in [2.24, 2.45) is 13.0 Å². The minimum absolute atomic E-state index is 0.745. The van der Waals surface area contributed by atoms with Gasteiger partial charge in [0, 0.05) is 13.5 Å². The van der Waals surface area contributed by atoms with Crippen molar-refractivity contribution in [3.05, 3.63) is 29.6 Å². The van der Waals surface area contributed by atoms with Crippen LogP contribution in [-0.4, -0.2) is 22.6 Å². The number of hydrogen-bond donors (Lipinski definition) is 1. The third-order valence-electron chi connectivity index (χ3n) is 4.08. The van der Waals surface area contributed by atoms with Gasteiger partial charge in [-0.15, -0.1) is 0 Å². The zero-order chi connectivity index (χ0) is 12.5. The molecule has 1 aliphatic heterocycles. The predicted octanol–water partition coefficient (Wildman–Crippen LogP) is 2.42. The molecule has 0 aliphatic carbocycles. The van der Waals surface area contributed by atoms with Gasteiger partial charge in [0.05, 0.1) is 11.0 Å². The minimum atomic E-state index is 0.745. The van der Waals surface area contributed by atoms with Crippen LogP contribution < -0.4 is 5.32 Å². The summed E-state index contributed by atoms with van der Waals surface area (Å²) in [6, 6.07) is 6.42. The summed E-state index contributed by atoms with van der Waals surface area (Å²) in [5.74, 6) is 1.97. The zero-order valence-corrected chi connectivity index (χ0v) is 11.2. The van der Waals surface area contributed by atoms with Crippen molar-refractivity contribution in [2.45, 2.75) is 26.2 Å². The molecule has 1 aliphatic rings. The van der Waals surface area contributed by atoms with Crippen LogP contribution in [0.4, 0.5) is 0 Å². The van der Waals surface area contributed by atoms with Crippen LogP contribution in [0.3, 0.4) is 0 Å². The van der Waals surface area contributed by atoms with Gasteiger partial charge in [0.1, 0.15) is 5.82 Å². The molecule has 2 aromatic rings. The molecule has 3 rings (SSSR count). The first-order valence-electron chi connectivity index (χ1n) is 6.87. The number of piperidine rings is 1. The van der Waals surface area contributed by atoms with Crippen molar-refractivity contribution in [1.29, 1.82) is 0 Å². The summed E-state index contributed by atoms with van der Waals surface area (Å²) in [7, 11) is 2.14. The lowest BCUT2D eigenvalue weighted by Gasteiger charge is -2.22. The summed E-state index contributed by atoms with van der Waals surface area (Å²) in [4.78, 5) is 4.84. The largest absolute Gasteiger partial charge is 0.331 e. The van der Waals surface area contributed by atoms with Crippen LogP contribution in [0.25, 0.3) is 11.0 Å². The highest BCUT2D eigenvalue weighted by Crippen LogP contribution is 2.22. The number of nitrogens with zero attached hydrogens (tertiary/aromatic N) is 2. The number of aromatic nitrogens is 2. The van der Waals surface area contributed by atoms with Gasteiger partial charge in [0.2, 0.25) is 0 Å². The third-order valence-corrected chi connectivity index (χ3v) is 4.08. The summed E-state index contributed by atoms with van der Waals surface area (Å²) < 4.78 is 2.26. The molecule has 18 heavy (non-hydrogen) atoms. The van der Waals surface area contributed by atoms with Crippen LogP contribution >= 0.6 is 0 Å². The topological polar surface area (TPSA) is 29.9 Å². The maximum Gasteiger partial charge on any atom is 0.109 e. The van der Waals surface area contributed by atoms with Gasteiger partial charge in [0.25, 0.3) is 0 Å². The van der Waals surface area contributed by atoms with E-state index in [1.807, 2.05) is 0 Å². The molecular formula is C15H21N3. The summed E-state index contributed by atoms with van der Waals surface area (Å²) in [6.45, 7) is 4.46. The van der Waals surface area contributed by atoms with E-state index in [1.165, 1.54) is 41.8 Å². The Hall–Kier alpha value is -1.35. The van der Waals surface area contributed by atoms with E-state index in [-0.39, 0.29) is 0 Å². The van der Waals surface area contributed by atoms with E-state index in [9.17, 15) is 0 Å². The van der Waals surface area contributed by atoms with Gasteiger partial charge in [-0.25, -0.2) is 4.98 Å².